The molecule has 3 heterocycles. The lowest BCUT2D eigenvalue weighted by atomic mass is 9.83. The highest BCUT2D eigenvalue weighted by molar-refractivity contribution is 8.00. The second-order valence-electron chi connectivity index (χ2n) is 11.0. The molecule has 0 unspecified atom stereocenters. The Morgan fingerprint density at radius 3 is 2.32 bits per heavy atom. The summed E-state index contributed by atoms with van der Waals surface area (Å²) in [4.78, 5) is 1.92. The zero-order chi connectivity index (χ0) is 32.0. The number of piperidine rings is 1. The Balaban J connectivity index is 1.51. The van der Waals surface area contributed by atoms with Crippen molar-refractivity contribution in [3.8, 4) is 11.3 Å². The summed E-state index contributed by atoms with van der Waals surface area (Å²) >= 11 is 0.727. The van der Waals surface area contributed by atoms with Crippen molar-refractivity contribution in [2.45, 2.75) is 59.7 Å². The Morgan fingerprint density at radius 2 is 1.70 bits per heavy atom. The minimum Gasteiger partial charge on any atom is -0.394 e. The van der Waals surface area contributed by atoms with Crippen molar-refractivity contribution >= 4 is 11.8 Å². The molecule has 6 atom stereocenters. The number of aromatic nitrogens is 3. The highest BCUT2D eigenvalue weighted by Crippen LogP contribution is 2.51. The van der Waals surface area contributed by atoms with E-state index >= 15 is 0 Å². The maximum absolute atomic E-state index is 14.2. The molecule has 2 aliphatic heterocycles. The SMILES string of the molecule is CN1CCC(O)([C@@H](S[C@@H]2O[C@H](CO)[C@H](O)[C@H](n3cc(-c4cc(F)c(F)c(F)c4)nn3)[C@H]2O)c2ccccc2C(F)(F)F)CC1. The van der Waals surface area contributed by atoms with Crippen molar-refractivity contribution in [2.24, 2.45) is 0 Å². The van der Waals surface area contributed by atoms with Crippen molar-refractivity contribution in [3.05, 3.63) is 71.2 Å². The lowest BCUT2D eigenvalue weighted by Gasteiger charge is -2.47. The second kappa shape index (κ2) is 12.6. The highest BCUT2D eigenvalue weighted by atomic mass is 32.2. The number of nitrogens with zero attached hydrogens (tertiary/aromatic N) is 4. The van der Waals surface area contributed by atoms with Crippen molar-refractivity contribution in [2.75, 3.05) is 26.7 Å². The molecule has 240 valence electrons. The molecule has 1 aromatic heterocycles. The third kappa shape index (κ3) is 6.34. The number of ether oxygens (including phenoxy) is 1. The maximum atomic E-state index is 14.2. The Labute approximate surface area is 252 Å². The summed E-state index contributed by atoms with van der Waals surface area (Å²) in [6.45, 7) is 0.0295. The molecule has 2 fully saturated rings. The molecule has 3 aromatic rings. The van der Waals surface area contributed by atoms with Crippen LogP contribution < -0.4 is 0 Å². The zero-order valence-electron chi connectivity index (χ0n) is 23.2. The first-order valence-electron chi connectivity index (χ1n) is 13.6. The summed E-state index contributed by atoms with van der Waals surface area (Å²) in [5.41, 5.74) is -4.58. The van der Waals surface area contributed by atoms with Gasteiger partial charge in [0.2, 0.25) is 0 Å². The van der Waals surface area contributed by atoms with E-state index in [1.807, 2.05) is 11.9 Å². The summed E-state index contributed by atoms with van der Waals surface area (Å²) in [7, 11) is 1.82. The van der Waals surface area contributed by atoms with E-state index in [-0.39, 0.29) is 29.7 Å². The number of aliphatic hydroxyl groups is 4. The van der Waals surface area contributed by atoms with E-state index in [1.54, 1.807) is 0 Å². The molecule has 0 radical (unpaired) electrons. The van der Waals surface area contributed by atoms with E-state index in [0.29, 0.717) is 25.2 Å². The van der Waals surface area contributed by atoms with Crippen LogP contribution in [-0.4, -0.2) is 96.4 Å². The Hall–Kier alpha value is -2.73. The van der Waals surface area contributed by atoms with E-state index < -0.39 is 76.4 Å². The minimum atomic E-state index is -4.76. The van der Waals surface area contributed by atoms with Crippen LogP contribution in [0, 0.1) is 17.5 Å². The topological polar surface area (TPSA) is 124 Å². The summed E-state index contributed by atoms with van der Waals surface area (Å²) in [5.74, 6) is -4.64. The Morgan fingerprint density at radius 1 is 1.07 bits per heavy atom. The van der Waals surface area contributed by atoms with E-state index in [1.165, 1.54) is 18.2 Å². The van der Waals surface area contributed by atoms with Crippen LogP contribution in [-0.2, 0) is 10.9 Å². The fraction of sp³-hybridized carbons (Fsp3) is 0.500. The van der Waals surface area contributed by atoms with Gasteiger partial charge in [0.15, 0.2) is 17.5 Å². The first-order chi connectivity index (χ1) is 20.7. The zero-order valence-corrected chi connectivity index (χ0v) is 24.0. The van der Waals surface area contributed by atoms with E-state index in [0.717, 1.165) is 28.7 Å². The van der Waals surface area contributed by atoms with Gasteiger partial charge in [-0.25, -0.2) is 17.9 Å². The maximum Gasteiger partial charge on any atom is 0.416 e. The van der Waals surface area contributed by atoms with Gasteiger partial charge in [-0.05, 0) is 43.7 Å². The fourth-order valence-electron chi connectivity index (χ4n) is 5.63. The van der Waals surface area contributed by atoms with Gasteiger partial charge >= 0.3 is 6.18 Å². The van der Waals surface area contributed by atoms with Gasteiger partial charge in [0.05, 0.1) is 29.2 Å². The van der Waals surface area contributed by atoms with Crippen LogP contribution in [0.2, 0.25) is 0 Å². The van der Waals surface area contributed by atoms with Gasteiger partial charge in [0, 0.05) is 18.7 Å². The normalized spacial score (nSPS) is 26.9. The van der Waals surface area contributed by atoms with Crippen molar-refractivity contribution in [1.82, 2.24) is 19.9 Å². The third-order valence-electron chi connectivity index (χ3n) is 8.10. The fourth-order valence-corrected chi connectivity index (χ4v) is 7.26. The predicted molar refractivity (Wildman–Crippen MR) is 146 cm³/mol. The molecule has 4 N–H and O–H groups in total. The molecular weight excluding hydrogens is 618 g/mol. The number of thioether (sulfide) groups is 1. The molecule has 2 saturated heterocycles. The molecule has 16 heteroatoms. The van der Waals surface area contributed by atoms with Crippen LogP contribution in [0.4, 0.5) is 26.3 Å². The molecule has 0 amide bonds. The largest absolute Gasteiger partial charge is 0.416 e. The van der Waals surface area contributed by atoms with Crippen molar-refractivity contribution in [1.29, 1.82) is 0 Å². The Kier molecular flexibility index (Phi) is 9.33. The first kappa shape index (κ1) is 32.7. The van der Waals surface area contributed by atoms with E-state index in [2.05, 4.69) is 10.3 Å². The summed E-state index contributed by atoms with van der Waals surface area (Å²) in [5, 5.41) is 50.6. The van der Waals surface area contributed by atoms with Crippen LogP contribution in [0.1, 0.15) is 35.3 Å². The number of aliphatic hydroxyl groups excluding tert-OH is 3. The molecule has 44 heavy (non-hydrogen) atoms. The number of hydrogen-bond donors (Lipinski definition) is 4. The molecule has 0 spiro atoms. The van der Waals surface area contributed by atoms with Crippen LogP contribution in [0.25, 0.3) is 11.3 Å². The molecule has 0 saturated carbocycles. The number of benzene rings is 2. The monoisotopic (exact) mass is 648 g/mol. The molecule has 5 rings (SSSR count). The predicted octanol–water partition coefficient (Wildman–Crippen LogP) is 3.29. The summed E-state index contributed by atoms with van der Waals surface area (Å²) < 4.78 is 90.4. The van der Waals surface area contributed by atoms with Gasteiger partial charge in [-0.15, -0.1) is 16.9 Å². The second-order valence-corrected chi connectivity index (χ2v) is 12.3. The average Bonchev–Trinajstić information content (AvgIpc) is 3.46. The van der Waals surface area contributed by atoms with Gasteiger partial charge in [-0.3, -0.25) is 0 Å². The van der Waals surface area contributed by atoms with Gasteiger partial charge in [-0.1, -0.05) is 23.4 Å². The van der Waals surface area contributed by atoms with Crippen LogP contribution in [0.5, 0.6) is 0 Å². The molecule has 0 aliphatic carbocycles. The highest BCUT2D eigenvalue weighted by Gasteiger charge is 2.51. The van der Waals surface area contributed by atoms with Crippen LogP contribution in [0.3, 0.4) is 0 Å². The molecular formula is C28H30F6N4O5S. The quantitative estimate of drug-likeness (QED) is 0.226. The Bertz CT molecular complexity index is 1450. The van der Waals surface area contributed by atoms with Crippen molar-refractivity contribution in [3.63, 3.8) is 0 Å². The third-order valence-corrected chi connectivity index (χ3v) is 9.73. The minimum absolute atomic E-state index is 0.114. The summed E-state index contributed by atoms with van der Waals surface area (Å²) in [6.07, 6.45) is -8.05. The van der Waals surface area contributed by atoms with Gasteiger partial charge in [0.25, 0.3) is 0 Å². The number of alkyl halides is 3. The smallest absolute Gasteiger partial charge is 0.394 e. The summed E-state index contributed by atoms with van der Waals surface area (Å²) in [6, 6.07) is 4.77. The number of halogens is 6. The molecule has 2 aliphatic rings. The van der Waals surface area contributed by atoms with Crippen LogP contribution in [0.15, 0.2) is 42.6 Å². The molecule has 9 nitrogen and oxygen atoms in total. The van der Waals surface area contributed by atoms with Gasteiger partial charge in [0.1, 0.15) is 35.5 Å². The van der Waals surface area contributed by atoms with Crippen molar-refractivity contribution < 1.29 is 51.5 Å². The molecule has 0 bridgehead atoms. The van der Waals surface area contributed by atoms with Crippen LogP contribution >= 0.6 is 11.8 Å². The average molecular weight is 649 g/mol. The standard InChI is InChI=1S/C28H30F6N4O5S/c1-37-8-6-27(42,7-9-37)25(15-4-2-3-5-16(15)28(32,33)34)44-26-24(41)22(23(40)20(13-39)43-26)38-12-19(35-36-38)14-10-17(29)21(31)18(30)11-14/h2-5,10-12,20,22-26,39-42H,6-9,13H2,1H3/t20-,22+,23+,24-,25+,26+/m1/s1. The number of hydrogen-bond acceptors (Lipinski definition) is 9. The first-order valence-corrected chi connectivity index (χ1v) is 14.6. The van der Waals surface area contributed by atoms with E-state index in [4.69, 9.17) is 4.74 Å². The lowest BCUT2D eigenvalue weighted by Crippen LogP contribution is -2.56. The van der Waals surface area contributed by atoms with Gasteiger partial charge in [-0.2, -0.15) is 13.2 Å². The number of likely N-dealkylation sites (tertiary alicyclic amines) is 1. The van der Waals surface area contributed by atoms with Gasteiger partial charge < -0.3 is 30.1 Å². The number of rotatable bonds is 7. The van der Waals surface area contributed by atoms with E-state index in [9.17, 15) is 46.8 Å². The lowest BCUT2D eigenvalue weighted by molar-refractivity contribution is -0.179. The molecule has 2 aromatic carbocycles.